The molecule has 0 spiro atoms. The van der Waals surface area contributed by atoms with E-state index in [-0.39, 0.29) is 6.42 Å². The van der Waals surface area contributed by atoms with Crippen molar-refractivity contribution in [1.82, 2.24) is 5.32 Å². The SMILES string of the molecule is CN[C@@H](CC(C)(C)F)C(=O)OCCc1ccc(C2CCOCC2)cc1. The van der Waals surface area contributed by atoms with Crippen molar-refractivity contribution in [3.05, 3.63) is 35.4 Å². The normalized spacial score (nSPS) is 17.3. The van der Waals surface area contributed by atoms with Crippen molar-refractivity contribution < 1.29 is 18.7 Å². The van der Waals surface area contributed by atoms with Gasteiger partial charge in [-0.05, 0) is 50.8 Å². The summed E-state index contributed by atoms with van der Waals surface area (Å²) in [6.45, 7) is 4.91. The predicted octanol–water partition coefficient (Wildman–Crippen LogP) is 3.39. The number of ether oxygens (including phenoxy) is 2. The first-order valence-electron chi connectivity index (χ1n) is 9.08. The van der Waals surface area contributed by atoms with E-state index in [2.05, 4.69) is 29.6 Å². The average Bonchev–Trinajstić information content (AvgIpc) is 2.60. The molecule has 140 valence electrons. The van der Waals surface area contributed by atoms with Gasteiger partial charge >= 0.3 is 5.97 Å². The van der Waals surface area contributed by atoms with Crippen LogP contribution in [0.15, 0.2) is 24.3 Å². The van der Waals surface area contributed by atoms with Crippen LogP contribution in [0.25, 0.3) is 0 Å². The van der Waals surface area contributed by atoms with E-state index >= 15 is 0 Å². The minimum absolute atomic E-state index is 0.0993. The Bertz CT molecular complexity index is 533. The maximum atomic E-state index is 13.7. The van der Waals surface area contributed by atoms with Crippen LogP contribution < -0.4 is 5.32 Å². The summed E-state index contributed by atoms with van der Waals surface area (Å²) < 4.78 is 24.4. The molecule has 1 aliphatic rings. The number of carbonyl (C=O) groups is 1. The van der Waals surface area contributed by atoms with Crippen LogP contribution in [-0.2, 0) is 20.7 Å². The molecule has 0 bridgehead atoms. The Morgan fingerprint density at radius 2 is 1.96 bits per heavy atom. The zero-order valence-electron chi connectivity index (χ0n) is 15.5. The molecular weight excluding hydrogens is 321 g/mol. The van der Waals surface area contributed by atoms with Crippen molar-refractivity contribution in [2.75, 3.05) is 26.9 Å². The summed E-state index contributed by atoms with van der Waals surface area (Å²) in [6.07, 6.45) is 2.91. The summed E-state index contributed by atoms with van der Waals surface area (Å²) in [5, 5.41) is 2.83. The second-order valence-electron chi connectivity index (χ2n) is 7.31. The maximum Gasteiger partial charge on any atom is 0.323 e. The monoisotopic (exact) mass is 351 g/mol. The lowest BCUT2D eigenvalue weighted by Crippen LogP contribution is -2.40. The number of hydrogen-bond acceptors (Lipinski definition) is 4. The molecule has 1 heterocycles. The molecular formula is C20H30FNO3. The molecule has 0 amide bonds. The number of hydrogen-bond donors (Lipinski definition) is 1. The van der Waals surface area contributed by atoms with Crippen LogP contribution >= 0.6 is 0 Å². The molecule has 1 atom stereocenters. The van der Waals surface area contributed by atoms with Gasteiger partial charge in [-0.25, -0.2) is 4.39 Å². The minimum atomic E-state index is -1.41. The summed E-state index contributed by atoms with van der Waals surface area (Å²) in [6, 6.07) is 7.90. The predicted molar refractivity (Wildman–Crippen MR) is 96.6 cm³/mol. The Kier molecular flexibility index (Phi) is 7.38. The van der Waals surface area contributed by atoms with Gasteiger partial charge in [-0.15, -0.1) is 0 Å². The second-order valence-corrected chi connectivity index (χ2v) is 7.31. The Balaban J connectivity index is 1.78. The summed E-state index contributed by atoms with van der Waals surface area (Å²) in [5.41, 5.74) is 1.08. The van der Waals surface area contributed by atoms with Crippen molar-refractivity contribution >= 4 is 5.97 Å². The van der Waals surface area contributed by atoms with Gasteiger partial charge in [0, 0.05) is 26.1 Å². The van der Waals surface area contributed by atoms with E-state index in [9.17, 15) is 9.18 Å². The molecule has 1 N–H and O–H groups in total. The highest BCUT2D eigenvalue weighted by molar-refractivity contribution is 5.75. The highest BCUT2D eigenvalue weighted by Crippen LogP contribution is 2.27. The van der Waals surface area contributed by atoms with Gasteiger partial charge in [0.05, 0.1) is 6.61 Å². The van der Waals surface area contributed by atoms with Crippen LogP contribution in [0.5, 0.6) is 0 Å². The highest BCUT2D eigenvalue weighted by Gasteiger charge is 2.27. The van der Waals surface area contributed by atoms with Crippen molar-refractivity contribution in [1.29, 1.82) is 0 Å². The number of nitrogens with one attached hydrogen (secondary N) is 1. The van der Waals surface area contributed by atoms with Gasteiger partial charge in [-0.1, -0.05) is 24.3 Å². The number of benzene rings is 1. The molecule has 0 unspecified atom stereocenters. The third-order valence-electron chi connectivity index (χ3n) is 4.63. The first kappa shape index (κ1) is 19.9. The number of alkyl halides is 1. The largest absolute Gasteiger partial charge is 0.464 e. The first-order valence-corrected chi connectivity index (χ1v) is 9.08. The van der Waals surface area contributed by atoms with E-state index in [1.54, 1.807) is 7.05 Å². The number of halogens is 1. The molecule has 0 aromatic heterocycles. The molecule has 1 aliphatic heterocycles. The quantitative estimate of drug-likeness (QED) is 0.729. The minimum Gasteiger partial charge on any atom is -0.464 e. The standard InChI is InChI=1S/C20H30FNO3/c1-20(2,21)14-18(22-3)19(23)25-13-8-15-4-6-16(7-5-15)17-9-11-24-12-10-17/h4-7,17-18,22H,8-14H2,1-3H3/t18-/m0/s1. The Labute approximate surface area is 150 Å². The molecule has 1 aromatic rings. The molecule has 0 saturated carbocycles. The fourth-order valence-corrected chi connectivity index (χ4v) is 3.15. The summed E-state index contributed by atoms with van der Waals surface area (Å²) >= 11 is 0. The van der Waals surface area contributed by atoms with Crippen LogP contribution in [-0.4, -0.2) is 44.5 Å². The Morgan fingerprint density at radius 3 is 2.52 bits per heavy atom. The lowest BCUT2D eigenvalue weighted by atomic mass is 9.91. The lowest BCUT2D eigenvalue weighted by molar-refractivity contribution is -0.147. The third-order valence-corrected chi connectivity index (χ3v) is 4.63. The van der Waals surface area contributed by atoms with E-state index in [0.29, 0.717) is 18.9 Å². The van der Waals surface area contributed by atoms with Crippen molar-refractivity contribution in [2.24, 2.45) is 0 Å². The lowest BCUT2D eigenvalue weighted by Gasteiger charge is -2.22. The molecule has 2 rings (SSSR count). The number of rotatable bonds is 8. The van der Waals surface area contributed by atoms with E-state index in [4.69, 9.17) is 9.47 Å². The summed E-state index contributed by atoms with van der Waals surface area (Å²) in [7, 11) is 1.65. The van der Waals surface area contributed by atoms with E-state index in [1.807, 2.05) is 0 Å². The molecule has 0 radical (unpaired) electrons. The van der Waals surface area contributed by atoms with Crippen LogP contribution in [0.1, 0.15) is 50.2 Å². The van der Waals surface area contributed by atoms with Crippen molar-refractivity contribution in [3.8, 4) is 0 Å². The fraction of sp³-hybridized carbons (Fsp3) is 0.650. The zero-order chi connectivity index (χ0) is 18.3. The fourth-order valence-electron chi connectivity index (χ4n) is 3.15. The molecule has 25 heavy (non-hydrogen) atoms. The molecule has 5 heteroatoms. The number of likely N-dealkylation sites (N-methyl/N-ethyl adjacent to an activating group) is 1. The van der Waals surface area contributed by atoms with Crippen LogP contribution in [0.2, 0.25) is 0 Å². The second kappa shape index (κ2) is 9.30. The summed E-state index contributed by atoms with van der Waals surface area (Å²) in [4.78, 5) is 12.0. The van der Waals surface area contributed by atoms with Gasteiger partial charge in [0.15, 0.2) is 0 Å². The third kappa shape index (κ3) is 6.75. The average molecular weight is 351 g/mol. The summed E-state index contributed by atoms with van der Waals surface area (Å²) in [5.74, 6) is 0.188. The molecule has 4 nitrogen and oxygen atoms in total. The molecule has 1 aromatic carbocycles. The highest BCUT2D eigenvalue weighted by atomic mass is 19.1. The zero-order valence-corrected chi connectivity index (χ0v) is 15.5. The topological polar surface area (TPSA) is 47.6 Å². The van der Waals surface area contributed by atoms with E-state index in [0.717, 1.165) is 31.6 Å². The van der Waals surface area contributed by atoms with Gasteiger partial charge < -0.3 is 14.8 Å². The van der Waals surface area contributed by atoms with E-state index in [1.165, 1.54) is 19.4 Å². The Hall–Kier alpha value is -1.46. The van der Waals surface area contributed by atoms with E-state index < -0.39 is 17.7 Å². The van der Waals surface area contributed by atoms with Crippen molar-refractivity contribution in [3.63, 3.8) is 0 Å². The number of esters is 1. The Morgan fingerprint density at radius 1 is 1.32 bits per heavy atom. The van der Waals surface area contributed by atoms with Gasteiger partial charge in [-0.2, -0.15) is 0 Å². The van der Waals surface area contributed by atoms with Gasteiger partial charge in [0.1, 0.15) is 11.7 Å². The van der Waals surface area contributed by atoms with Crippen molar-refractivity contribution in [2.45, 2.75) is 57.2 Å². The van der Waals surface area contributed by atoms with Gasteiger partial charge in [-0.3, -0.25) is 4.79 Å². The smallest absolute Gasteiger partial charge is 0.323 e. The van der Waals surface area contributed by atoms with Crippen LogP contribution in [0, 0.1) is 0 Å². The maximum absolute atomic E-state index is 13.7. The van der Waals surface area contributed by atoms with Gasteiger partial charge in [0.2, 0.25) is 0 Å². The van der Waals surface area contributed by atoms with Crippen LogP contribution in [0.4, 0.5) is 4.39 Å². The van der Waals surface area contributed by atoms with Crippen LogP contribution in [0.3, 0.4) is 0 Å². The molecule has 1 saturated heterocycles. The molecule has 1 fully saturated rings. The number of carbonyl (C=O) groups excluding carboxylic acids is 1. The van der Waals surface area contributed by atoms with Gasteiger partial charge in [0.25, 0.3) is 0 Å². The molecule has 0 aliphatic carbocycles. The first-order chi connectivity index (χ1) is 11.9.